The normalized spacial score (nSPS) is 26.7. The Morgan fingerprint density at radius 1 is 1.38 bits per heavy atom. The van der Waals surface area contributed by atoms with Crippen molar-refractivity contribution < 1.29 is 19.0 Å². The molecule has 3 rings (SSSR count). The van der Waals surface area contributed by atoms with Gasteiger partial charge in [0, 0.05) is 23.5 Å². The fourth-order valence-corrected chi connectivity index (χ4v) is 3.36. The summed E-state index contributed by atoms with van der Waals surface area (Å²) in [7, 11) is 1.63. The number of nitrogens with one attached hydrogen (secondary N) is 1. The highest BCUT2D eigenvalue weighted by molar-refractivity contribution is 5.88. The fourth-order valence-electron chi connectivity index (χ4n) is 3.36. The van der Waals surface area contributed by atoms with Crippen molar-refractivity contribution in [2.75, 3.05) is 13.7 Å². The monoisotopic (exact) mass is 334 g/mol. The molecule has 0 saturated carbocycles. The molecule has 24 heavy (non-hydrogen) atoms. The van der Waals surface area contributed by atoms with Crippen LogP contribution in [0.15, 0.2) is 24.4 Å². The third-order valence-electron chi connectivity index (χ3n) is 4.73. The average Bonchev–Trinajstić information content (AvgIpc) is 2.85. The zero-order chi connectivity index (χ0) is 17.3. The molecule has 4 atom stereocenters. The number of aliphatic hydroxyl groups is 1. The molecule has 1 aliphatic rings. The molecule has 130 valence electrons. The van der Waals surface area contributed by atoms with E-state index < -0.39 is 12.4 Å². The molecule has 0 aliphatic carbocycles. The maximum atomic E-state index is 14.0. The van der Waals surface area contributed by atoms with E-state index in [0.29, 0.717) is 12.3 Å². The molecule has 0 amide bonds. The molecule has 5 nitrogen and oxygen atoms in total. The minimum absolute atomic E-state index is 0.246. The summed E-state index contributed by atoms with van der Waals surface area (Å²) in [5.41, 5.74) is 1.04. The first-order chi connectivity index (χ1) is 11.5. The third kappa shape index (κ3) is 3.03. The van der Waals surface area contributed by atoms with E-state index >= 15 is 0 Å². The van der Waals surface area contributed by atoms with Crippen LogP contribution in [0.25, 0.3) is 10.8 Å². The van der Waals surface area contributed by atoms with Gasteiger partial charge in [-0.2, -0.15) is 0 Å². The summed E-state index contributed by atoms with van der Waals surface area (Å²) in [5.74, 6) is 0.982. The number of hydrogen-bond acceptors (Lipinski definition) is 5. The Balaban J connectivity index is 1.83. The van der Waals surface area contributed by atoms with Crippen LogP contribution in [0.1, 0.15) is 18.9 Å². The first-order valence-electron chi connectivity index (χ1n) is 8.19. The molecular weight excluding hydrogens is 311 g/mol. The number of alkyl halides is 1. The largest absolute Gasteiger partial charge is 0.496 e. The molecule has 2 N–H and O–H groups in total. The Kier molecular flexibility index (Phi) is 4.87. The van der Waals surface area contributed by atoms with Gasteiger partial charge >= 0.3 is 0 Å². The molecule has 1 unspecified atom stereocenters. The van der Waals surface area contributed by atoms with E-state index in [1.165, 1.54) is 0 Å². The van der Waals surface area contributed by atoms with E-state index in [0.717, 1.165) is 22.1 Å². The van der Waals surface area contributed by atoms with Crippen LogP contribution in [0.5, 0.6) is 11.6 Å². The standard InChI is InChI=1S/C18H23FN2O3/c1-4-12-14(21-17(22)16(12)19)9-24-18-13-8-15(23-3)10(2)7-11(13)5-6-20-18/h5-8,12,14,16-17,21-22H,4,9H2,1-3H3/t12-,14+,16-,17?/m0/s1. The van der Waals surface area contributed by atoms with Crippen LogP contribution in [0.2, 0.25) is 0 Å². The number of nitrogens with zero attached hydrogens (tertiary/aromatic N) is 1. The molecule has 6 heteroatoms. The first-order valence-corrected chi connectivity index (χ1v) is 8.19. The topological polar surface area (TPSA) is 63.6 Å². The van der Waals surface area contributed by atoms with Gasteiger partial charge in [0.05, 0.1) is 7.11 Å². The summed E-state index contributed by atoms with van der Waals surface area (Å²) in [6, 6.07) is 5.59. The lowest BCUT2D eigenvalue weighted by atomic mass is 9.96. The predicted molar refractivity (Wildman–Crippen MR) is 90.1 cm³/mol. The van der Waals surface area contributed by atoms with Crippen molar-refractivity contribution in [2.45, 2.75) is 38.7 Å². The zero-order valence-corrected chi connectivity index (χ0v) is 14.1. The van der Waals surface area contributed by atoms with Crippen LogP contribution < -0.4 is 14.8 Å². The van der Waals surface area contributed by atoms with E-state index in [9.17, 15) is 9.50 Å². The zero-order valence-electron chi connectivity index (χ0n) is 14.1. The number of halogens is 1. The summed E-state index contributed by atoms with van der Waals surface area (Å²) in [5, 5.41) is 14.4. The summed E-state index contributed by atoms with van der Waals surface area (Å²) < 4.78 is 25.2. The molecule has 0 spiro atoms. The number of aliphatic hydroxyl groups excluding tert-OH is 1. The van der Waals surface area contributed by atoms with Gasteiger partial charge in [-0.05, 0) is 42.5 Å². The van der Waals surface area contributed by atoms with Crippen molar-refractivity contribution in [1.82, 2.24) is 10.3 Å². The summed E-state index contributed by atoms with van der Waals surface area (Å²) >= 11 is 0. The smallest absolute Gasteiger partial charge is 0.221 e. The van der Waals surface area contributed by atoms with Crippen molar-refractivity contribution in [2.24, 2.45) is 5.92 Å². The number of benzene rings is 1. The molecule has 1 aromatic heterocycles. The predicted octanol–water partition coefficient (Wildman–Crippen LogP) is 2.59. The molecule has 1 aliphatic heterocycles. The Bertz CT molecular complexity index is 725. The summed E-state index contributed by atoms with van der Waals surface area (Å²) in [4.78, 5) is 4.30. The molecule has 0 bridgehead atoms. The number of ether oxygens (including phenoxy) is 2. The molecular formula is C18H23FN2O3. The van der Waals surface area contributed by atoms with Crippen molar-refractivity contribution >= 4 is 10.8 Å². The van der Waals surface area contributed by atoms with Gasteiger partial charge in [0.2, 0.25) is 5.88 Å². The van der Waals surface area contributed by atoms with E-state index in [2.05, 4.69) is 10.3 Å². The molecule has 1 saturated heterocycles. The Morgan fingerprint density at radius 2 is 2.17 bits per heavy atom. The fraction of sp³-hybridized carbons (Fsp3) is 0.500. The van der Waals surface area contributed by atoms with Gasteiger partial charge in [-0.3, -0.25) is 5.32 Å². The van der Waals surface area contributed by atoms with Gasteiger partial charge in [-0.1, -0.05) is 6.92 Å². The van der Waals surface area contributed by atoms with Gasteiger partial charge in [0.25, 0.3) is 0 Å². The van der Waals surface area contributed by atoms with E-state index in [1.54, 1.807) is 13.3 Å². The highest BCUT2D eigenvalue weighted by Gasteiger charge is 2.41. The van der Waals surface area contributed by atoms with Crippen molar-refractivity contribution in [3.63, 3.8) is 0 Å². The van der Waals surface area contributed by atoms with E-state index in [-0.39, 0.29) is 18.6 Å². The van der Waals surface area contributed by atoms with Gasteiger partial charge in [0.15, 0.2) is 0 Å². The van der Waals surface area contributed by atoms with Crippen molar-refractivity contribution in [1.29, 1.82) is 0 Å². The second-order valence-corrected chi connectivity index (χ2v) is 6.20. The SMILES string of the molecule is CC[C@@H]1[C@H](F)C(O)N[C@@H]1COc1nccc2cc(C)c(OC)cc12. The first kappa shape index (κ1) is 16.9. The van der Waals surface area contributed by atoms with Crippen molar-refractivity contribution in [3.05, 3.63) is 30.0 Å². The average molecular weight is 334 g/mol. The van der Waals surface area contributed by atoms with Crippen LogP contribution >= 0.6 is 0 Å². The van der Waals surface area contributed by atoms with Gasteiger partial charge in [-0.25, -0.2) is 9.37 Å². The second kappa shape index (κ2) is 6.91. The number of methoxy groups -OCH3 is 1. The number of aryl methyl sites for hydroxylation is 1. The van der Waals surface area contributed by atoms with Gasteiger partial charge < -0.3 is 14.6 Å². The highest BCUT2D eigenvalue weighted by atomic mass is 19.1. The molecule has 2 aromatic rings. The van der Waals surface area contributed by atoms with Crippen LogP contribution in [0, 0.1) is 12.8 Å². The number of aromatic nitrogens is 1. The summed E-state index contributed by atoms with van der Waals surface area (Å²) in [6.45, 7) is 4.14. The maximum absolute atomic E-state index is 14.0. The lowest BCUT2D eigenvalue weighted by molar-refractivity contribution is 0.0703. The number of fused-ring (bicyclic) bond motifs is 1. The van der Waals surface area contributed by atoms with Gasteiger partial charge in [-0.15, -0.1) is 0 Å². The summed E-state index contributed by atoms with van der Waals surface area (Å²) in [6.07, 6.45) is -0.0797. The van der Waals surface area contributed by atoms with Crippen LogP contribution in [0.4, 0.5) is 4.39 Å². The quantitative estimate of drug-likeness (QED) is 0.880. The van der Waals surface area contributed by atoms with E-state index in [4.69, 9.17) is 9.47 Å². The number of hydrogen-bond donors (Lipinski definition) is 2. The maximum Gasteiger partial charge on any atom is 0.221 e. The van der Waals surface area contributed by atoms with Crippen LogP contribution in [-0.4, -0.2) is 42.2 Å². The Labute approximate surface area is 140 Å². The Hall–Kier alpha value is -1.92. The number of pyridine rings is 1. The molecule has 0 radical (unpaired) electrons. The Morgan fingerprint density at radius 3 is 2.88 bits per heavy atom. The lowest BCUT2D eigenvalue weighted by Crippen LogP contribution is -2.36. The molecule has 1 aromatic carbocycles. The lowest BCUT2D eigenvalue weighted by Gasteiger charge is -2.19. The van der Waals surface area contributed by atoms with Crippen molar-refractivity contribution in [3.8, 4) is 11.6 Å². The minimum atomic E-state index is -1.27. The highest BCUT2D eigenvalue weighted by Crippen LogP contribution is 2.31. The van der Waals surface area contributed by atoms with Crippen LogP contribution in [0.3, 0.4) is 0 Å². The second-order valence-electron chi connectivity index (χ2n) is 6.20. The molecule has 2 heterocycles. The number of rotatable bonds is 5. The van der Waals surface area contributed by atoms with Gasteiger partial charge in [0.1, 0.15) is 24.8 Å². The minimum Gasteiger partial charge on any atom is -0.496 e. The third-order valence-corrected chi connectivity index (χ3v) is 4.73. The molecule has 1 fully saturated rings. The van der Waals surface area contributed by atoms with Crippen LogP contribution in [-0.2, 0) is 0 Å². The van der Waals surface area contributed by atoms with E-state index in [1.807, 2.05) is 32.0 Å².